The van der Waals surface area contributed by atoms with E-state index >= 15 is 0 Å². The Kier molecular flexibility index (Phi) is 4.60. The maximum absolute atomic E-state index is 10.7. The Morgan fingerprint density at radius 3 is 2.25 bits per heavy atom. The summed E-state index contributed by atoms with van der Waals surface area (Å²) >= 11 is 0. The molecule has 0 amide bonds. The van der Waals surface area contributed by atoms with Crippen LogP contribution in [0.1, 0.15) is 19.3 Å². The summed E-state index contributed by atoms with van der Waals surface area (Å²) in [6.45, 7) is 3.14. The van der Waals surface area contributed by atoms with Crippen LogP contribution in [-0.4, -0.2) is 22.6 Å². The second-order valence-electron chi connectivity index (χ2n) is 2.24. The van der Waals surface area contributed by atoms with Gasteiger partial charge in [-0.05, 0) is 12.5 Å². The number of carboxylic acid groups (broad SMARTS) is 1. The van der Waals surface area contributed by atoms with E-state index in [0.717, 1.165) is 6.08 Å². The molecular formula is C8H10O4. The Labute approximate surface area is 69.9 Å². The molecule has 0 bridgehead atoms. The monoisotopic (exact) mass is 170 g/mol. The quantitative estimate of drug-likeness (QED) is 0.467. The summed E-state index contributed by atoms with van der Waals surface area (Å²) in [6.07, 6.45) is 1.03. The molecule has 0 heterocycles. The first-order valence-electron chi connectivity index (χ1n) is 3.49. The number of carboxylic acids is 1. The standard InChI is InChI=1S/C8H10O4/c1-2-6(9)7(10)4-3-5-8(11)12/h2H,1,3-5H2,(H,11,12). The molecule has 0 spiro atoms. The van der Waals surface area contributed by atoms with Crippen molar-refractivity contribution in [3.8, 4) is 0 Å². The lowest BCUT2D eigenvalue weighted by Gasteiger charge is -1.93. The van der Waals surface area contributed by atoms with E-state index in [-0.39, 0.29) is 19.3 Å². The van der Waals surface area contributed by atoms with Gasteiger partial charge in [-0.1, -0.05) is 6.58 Å². The molecule has 0 unspecified atom stereocenters. The maximum Gasteiger partial charge on any atom is 0.303 e. The Hall–Kier alpha value is -1.45. The molecule has 1 N–H and O–H groups in total. The van der Waals surface area contributed by atoms with E-state index in [1.807, 2.05) is 0 Å². The maximum atomic E-state index is 10.7. The lowest BCUT2D eigenvalue weighted by atomic mass is 10.1. The largest absolute Gasteiger partial charge is 0.481 e. The molecule has 66 valence electrons. The minimum atomic E-state index is -0.964. The highest BCUT2D eigenvalue weighted by molar-refractivity contribution is 6.41. The van der Waals surface area contributed by atoms with Crippen LogP contribution in [0, 0.1) is 0 Å². The third kappa shape index (κ3) is 4.38. The van der Waals surface area contributed by atoms with Crippen LogP contribution in [0.5, 0.6) is 0 Å². The lowest BCUT2D eigenvalue weighted by Crippen LogP contribution is -2.10. The third-order valence-corrected chi connectivity index (χ3v) is 1.25. The number of carbonyl (C=O) groups is 3. The van der Waals surface area contributed by atoms with Gasteiger partial charge in [0.1, 0.15) is 0 Å². The van der Waals surface area contributed by atoms with Gasteiger partial charge in [-0.3, -0.25) is 14.4 Å². The predicted molar refractivity (Wildman–Crippen MR) is 41.7 cm³/mol. The fourth-order valence-electron chi connectivity index (χ4n) is 0.637. The first kappa shape index (κ1) is 10.6. The highest BCUT2D eigenvalue weighted by atomic mass is 16.4. The van der Waals surface area contributed by atoms with E-state index in [9.17, 15) is 14.4 Å². The Morgan fingerprint density at radius 1 is 1.25 bits per heavy atom. The third-order valence-electron chi connectivity index (χ3n) is 1.25. The smallest absolute Gasteiger partial charge is 0.303 e. The van der Waals surface area contributed by atoms with Crippen LogP contribution >= 0.6 is 0 Å². The summed E-state index contributed by atoms with van der Waals surface area (Å²) in [5.41, 5.74) is 0. The first-order chi connectivity index (χ1) is 5.57. The molecule has 0 aliphatic rings. The molecule has 0 aliphatic heterocycles. The predicted octanol–water partition coefficient (Wildman–Crippen LogP) is 0.565. The number of Topliss-reactive ketones (excluding diaryl/α,β-unsaturated/α-hetero) is 1. The van der Waals surface area contributed by atoms with Crippen LogP contribution in [0.3, 0.4) is 0 Å². The summed E-state index contributed by atoms with van der Waals surface area (Å²) < 4.78 is 0. The second kappa shape index (κ2) is 5.23. The van der Waals surface area contributed by atoms with Gasteiger partial charge in [-0.2, -0.15) is 0 Å². The van der Waals surface area contributed by atoms with Crippen molar-refractivity contribution in [2.75, 3.05) is 0 Å². The molecule has 0 saturated heterocycles. The Balaban J connectivity index is 3.65. The number of hydrogen-bond acceptors (Lipinski definition) is 3. The van der Waals surface area contributed by atoms with Gasteiger partial charge in [-0.15, -0.1) is 0 Å². The molecule has 4 heteroatoms. The van der Waals surface area contributed by atoms with Gasteiger partial charge in [0, 0.05) is 12.8 Å². The fraction of sp³-hybridized carbons (Fsp3) is 0.375. The number of allylic oxidation sites excluding steroid dienone is 1. The fourth-order valence-corrected chi connectivity index (χ4v) is 0.637. The second-order valence-corrected chi connectivity index (χ2v) is 2.24. The molecule has 0 aromatic rings. The molecule has 0 atom stereocenters. The van der Waals surface area contributed by atoms with E-state index in [4.69, 9.17) is 5.11 Å². The number of aliphatic carboxylic acids is 1. The van der Waals surface area contributed by atoms with Gasteiger partial charge in [-0.25, -0.2) is 0 Å². The van der Waals surface area contributed by atoms with Gasteiger partial charge >= 0.3 is 5.97 Å². The number of hydrogen-bond donors (Lipinski definition) is 1. The summed E-state index contributed by atoms with van der Waals surface area (Å²) in [5.74, 6) is -2.19. The normalized spacial score (nSPS) is 9.00. The SMILES string of the molecule is C=CC(=O)C(=O)CCCC(=O)O. The lowest BCUT2D eigenvalue weighted by molar-refractivity contribution is -0.137. The van der Waals surface area contributed by atoms with Crippen molar-refractivity contribution in [3.63, 3.8) is 0 Å². The average molecular weight is 170 g/mol. The van der Waals surface area contributed by atoms with Crippen molar-refractivity contribution in [2.24, 2.45) is 0 Å². The molecule has 0 rings (SSSR count). The molecule has 0 fully saturated rings. The van der Waals surface area contributed by atoms with Crippen molar-refractivity contribution in [3.05, 3.63) is 12.7 Å². The van der Waals surface area contributed by atoms with E-state index in [2.05, 4.69) is 6.58 Å². The molecule has 0 saturated carbocycles. The molecule has 0 radical (unpaired) electrons. The van der Waals surface area contributed by atoms with Crippen LogP contribution in [0.2, 0.25) is 0 Å². The van der Waals surface area contributed by atoms with Crippen LogP contribution in [0.15, 0.2) is 12.7 Å². The van der Waals surface area contributed by atoms with Crippen LogP contribution in [0.4, 0.5) is 0 Å². The molecular weight excluding hydrogens is 160 g/mol. The zero-order valence-electron chi connectivity index (χ0n) is 6.58. The van der Waals surface area contributed by atoms with Crippen molar-refractivity contribution in [1.29, 1.82) is 0 Å². The average Bonchev–Trinajstić information content (AvgIpc) is 2.02. The minimum Gasteiger partial charge on any atom is -0.481 e. The summed E-state index contributed by atoms with van der Waals surface area (Å²) in [5, 5.41) is 8.21. The van der Waals surface area contributed by atoms with E-state index in [1.165, 1.54) is 0 Å². The van der Waals surface area contributed by atoms with Crippen molar-refractivity contribution >= 4 is 17.5 Å². The van der Waals surface area contributed by atoms with Gasteiger partial charge in [0.05, 0.1) is 0 Å². The molecule has 0 aromatic carbocycles. The number of ketones is 2. The Bertz CT molecular complexity index is 217. The van der Waals surface area contributed by atoms with Gasteiger partial charge < -0.3 is 5.11 Å². The molecule has 0 aromatic heterocycles. The van der Waals surface area contributed by atoms with Crippen molar-refractivity contribution < 1.29 is 19.5 Å². The molecule has 0 aliphatic carbocycles. The summed E-state index contributed by atoms with van der Waals surface area (Å²) in [7, 11) is 0. The zero-order valence-corrected chi connectivity index (χ0v) is 6.58. The van der Waals surface area contributed by atoms with Crippen molar-refractivity contribution in [1.82, 2.24) is 0 Å². The van der Waals surface area contributed by atoms with Crippen LogP contribution in [0.25, 0.3) is 0 Å². The molecule has 4 nitrogen and oxygen atoms in total. The van der Waals surface area contributed by atoms with E-state index in [0.29, 0.717) is 0 Å². The van der Waals surface area contributed by atoms with Crippen LogP contribution in [-0.2, 0) is 14.4 Å². The zero-order chi connectivity index (χ0) is 9.56. The van der Waals surface area contributed by atoms with Crippen LogP contribution < -0.4 is 0 Å². The highest BCUT2D eigenvalue weighted by Gasteiger charge is 2.09. The van der Waals surface area contributed by atoms with Gasteiger partial charge in [0.25, 0.3) is 0 Å². The van der Waals surface area contributed by atoms with E-state index < -0.39 is 17.5 Å². The highest BCUT2D eigenvalue weighted by Crippen LogP contribution is 1.97. The van der Waals surface area contributed by atoms with Gasteiger partial charge in [0.2, 0.25) is 11.6 Å². The summed E-state index contributed by atoms with van der Waals surface area (Å²) in [4.78, 5) is 31.3. The molecule has 12 heavy (non-hydrogen) atoms. The first-order valence-corrected chi connectivity index (χ1v) is 3.49. The summed E-state index contributed by atoms with van der Waals surface area (Å²) in [6, 6.07) is 0. The van der Waals surface area contributed by atoms with Gasteiger partial charge in [0.15, 0.2) is 0 Å². The van der Waals surface area contributed by atoms with E-state index in [1.54, 1.807) is 0 Å². The number of carbonyl (C=O) groups excluding carboxylic acids is 2. The minimum absolute atomic E-state index is 0.0167. The Morgan fingerprint density at radius 2 is 1.83 bits per heavy atom. The topological polar surface area (TPSA) is 71.4 Å². The van der Waals surface area contributed by atoms with Crippen molar-refractivity contribution in [2.45, 2.75) is 19.3 Å². The number of rotatable bonds is 6.